The molecule has 8 heteroatoms. The van der Waals surface area contributed by atoms with Crippen LogP contribution >= 0.6 is 15.9 Å². The highest BCUT2D eigenvalue weighted by Crippen LogP contribution is 2.22. The number of benzene rings is 1. The highest BCUT2D eigenvalue weighted by molar-refractivity contribution is 9.10. The Balaban J connectivity index is 1.50. The molecule has 138 valence electrons. The van der Waals surface area contributed by atoms with Gasteiger partial charge in [-0.15, -0.1) is 5.10 Å². The number of nitrogens with zero attached hydrogens (tertiary/aromatic N) is 4. The van der Waals surface area contributed by atoms with E-state index in [2.05, 4.69) is 26.2 Å². The lowest BCUT2D eigenvalue weighted by atomic mass is 10.0. The average Bonchev–Trinajstić information content (AvgIpc) is 3.28. The summed E-state index contributed by atoms with van der Waals surface area (Å²) in [7, 11) is 0. The zero-order chi connectivity index (χ0) is 18.5. The van der Waals surface area contributed by atoms with E-state index in [1.807, 2.05) is 35.4 Å². The average molecular weight is 421 g/mol. The van der Waals surface area contributed by atoms with Crippen molar-refractivity contribution in [2.45, 2.75) is 32.1 Å². The maximum Gasteiger partial charge on any atom is 0.303 e. The molecule has 7 nitrogen and oxygen atoms in total. The van der Waals surface area contributed by atoms with Gasteiger partial charge in [0.05, 0.1) is 17.6 Å². The van der Waals surface area contributed by atoms with Crippen molar-refractivity contribution in [3.8, 4) is 5.69 Å². The molecular weight excluding hydrogens is 400 g/mol. The Bertz CT molecular complexity index is 792. The molecule has 1 fully saturated rings. The number of aromatic nitrogens is 3. The molecule has 1 atom stereocenters. The highest BCUT2D eigenvalue weighted by atomic mass is 79.9. The van der Waals surface area contributed by atoms with E-state index in [4.69, 9.17) is 5.11 Å². The minimum atomic E-state index is -0.775. The SMILES string of the molecule is O=C(O)CCC1CCN(C(=O)CCc2cn(-c3ccccc3Br)nn2)C1. The predicted octanol–water partition coefficient (Wildman–Crippen LogP) is 2.68. The van der Waals surface area contributed by atoms with E-state index < -0.39 is 5.97 Å². The second-order valence-corrected chi connectivity index (χ2v) is 7.39. The van der Waals surface area contributed by atoms with E-state index in [0.717, 1.165) is 22.3 Å². The minimum Gasteiger partial charge on any atom is -0.481 e. The van der Waals surface area contributed by atoms with Gasteiger partial charge in [-0.2, -0.15) is 0 Å². The molecule has 1 aliphatic rings. The summed E-state index contributed by atoms with van der Waals surface area (Å²) in [4.78, 5) is 24.9. The fourth-order valence-corrected chi connectivity index (χ4v) is 3.65. The van der Waals surface area contributed by atoms with E-state index in [0.29, 0.717) is 38.3 Å². The van der Waals surface area contributed by atoms with Crippen molar-refractivity contribution in [3.05, 3.63) is 40.6 Å². The van der Waals surface area contributed by atoms with Gasteiger partial charge in [-0.3, -0.25) is 9.59 Å². The Labute approximate surface area is 160 Å². The van der Waals surface area contributed by atoms with Gasteiger partial charge in [-0.25, -0.2) is 4.68 Å². The lowest BCUT2D eigenvalue weighted by Gasteiger charge is -2.16. The fourth-order valence-electron chi connectivity index (χ4n) is 3.18. The van der Waals surface area contributed by atoms with Crippen molar-refractivity contribution in [1.29, 1.82) is 0 Å². The number of aliphatic carboxylic acids is 1. The zero-order valence-corrected chi connectivity index (χ0v) is 15.9. The molecule has 1 unspecified atom stereocenters. The summed E-state index contributed by atoms with van der Waals surface area (Å²) >= 11 is 3.49. The van der Waals surface area contributed by atoms with E-state index in [-0.39, 0.29) is 12.3 Å². The highest BCUT2D eigenvalue weighted by Gasteiger charge is 2.26. The molecule has 1 aromatic heterocycles. The van der Waals surface area contributed by atoms with E-state index >= 15 is 0 Å². The summed E-state index contributed by atoms with van der Waals surface area (Å²) in [6.07, 6.45) is 4.47. The molecule has 0 bridgehead atoms. The smallest absolute Gasteiger partial charge is 0.303 e. The number of halogens is 1. The number of hydrogen-bond acceptors (Lipinski definition) is 4. The number of hydrogen-bond donors (Lipinski definition) is 1. The largest absolute Gasteiger partial charge is 0.481 e. The summed E-state index contributed by atoms with van der Waals surface area (Å²) in [6.45, 7) is 1.38. The van der Waals surface area contributed by atoms with Crippen LogP contribution in [0.15, 0.2) is 34.9 Å². The van der Waals surface area contributed by atoms with Gasteiger partial charge in [0, 0.05) is 36.8 Å². The predicted molar refractivity (Wildman–Crippen MR) is 98.9 cm³/mol. The number of likely N-dealkylation sites (tertiary alicyclic amines) is 1. The number of aryl methyl sites for hydroxylation is 1. The summed E-state index contributed by atoms with van der Waals surface area (Å²) in [5.74, 6) is -0.382. The molecule has 0 saturated carbocycles. The number of carbonyl (C=O) groups excluding carboxylic acids is 1. The van der Waals surface area contributed by atoms with Crippen molar-refractivity contribution in [2.75, 3.05) is 13.1 Å². The molecule has 2 heterocycles. The Morgan fingerprint density at radius 3 is 2.85 bits per heavy atom. The number of para-hydroxylation sites is 1. The van der Waals surface area contributed by atoms with Gasteiger partial charge in [0.1, 0.15) is 0 Å². The Hall–Kier alpha value is -2.22. The monoisotopic (exact) mass is 420 g/mol. The fraction of sp³-hybridized carbons (Fsp3) is 0.444. The Morgan fingerprint density at radius 1 is 1.27 bits per heavy atom. The summed E-state index contributed by atoms with van der Waals surface area (Å²) in [5.41, 5.74) is 1.68. The van der Waals surface area contributed by atoms with E-state index in [1.54, 1.807) is 4.68 Å². The normalized spacial score (nSPS) is 16.8. The molecular formula is C18H21BrN4O3. The molecule has 3 rings (SSSR count). The zero-order valence-electron chi connectivity index (χ0n) is 14.3. The molecule has 1 N–H and O–H groups in total. The van der Waals surface area contributed by atoms with Gasteiger partial charge in [-0.05, 0) is 46.8 Å². The maximum absolute atomic E-state index is 12.4. The van der Waals surface area contributed by atoms with Crippen LogP contribution in [0, 0.1) is 5.92 Å². The number of carboxylic acids is 1. The standard InChI is InChI=1S/C18H21BrN4O3/c19-15-3-1-2-4-16(15)23-12-14(20-21-23)6-7-17(24)22-10-9-13(11-22)5-8-18(25)26/h1-4,12-13H,5-11H2,(H,25,26). The topological polar surface area (TPSA) is 88.3 Å². The van der Waals surface area contributed by atoms with Gasteiger partial charge < -0.3 is 10.0 Å². The molecule has 1 amide bonds. The molecule has 26 heavy (non-hydrogen) atoms. The third kappa shape index (κ3) is 4.69. The van der Waals surface area contributed by atoms with Crippen LogP contribution in [-0.2, 0) is 16.0 Å². The van der Waals surface area contributed by atoms with Gasteiger partial charge in [0.25, 0.3) is 0 Å². The molecule has 0 spiro atoms. The molecule has 1 aromatic carbocycles. The van der Waals surface area contributed by atoms with Crippen molar-refractivity contribution in [1.82, 2.24) is 19.9 Å². The van der Waals surface area contributed by atoms with Crippen LogP contribution < -0.4 is 0 Å². The maximum atomic E-state index is 12.4. The van der Waals surface area contributed by atoms with Crippen molar-refractivity contribution in [2.24, 2.45) is 5.92 Å². The molecule has 0 aliphatic carbocycles. The third-order valence-corrected chi connectivity index (χ3v) is 5.31. The second-order valence-electron chi connectivity index (χ2n) is 6.53. The first-order chi connectivity index (χ1) is 12.5. The van der Waals surface area contributed by atoms with Crippen LogP contribution in [0.3, 0.4) is 0 Å². The molecule has 1 saturated heterocycles. The van der Waals surface area contributed by atoms with Crippen LogP contribution in [0.4, 0.5) is 0 Å². The number of carboxylic acid groups (broad SMARTS) is 1. The lowest BCUT2D eigenvalue weighted by Crippen LogP contribution is -2.29. The lowest BCUT2D eigenvalue weighted by molar-refractivity contribution is -0.137. The van der Waals surface area contributed by atoms with Crippen LogP contribution in [0.1, 0.15) is 31.4 Å². The van der Waals surface area contributed by atoms with Gasteiger partial charge in [-0.1, -0.05) is 17.3 Å². The first-order valence-electron chi connectivity index (χ1n) is 8.68. The molecule has 1 aliphatic heterocycles. The van der Waals surface area contributed by atoms with Crippen LogP contribution in [-0.4, -0.2) is 50.0 Å². The van der Waals surface area contributed by atoms with Crippen LogP contribution in [0.25, 0.3) is 5.69 Å². The molecule has 2 aromatic rings. The Morgan fingerprint density at radius 2 is 2.08 bits per heavy atom. The van der Waals surface area contributed by atoms with Gasteiger partial charge >= 0.3 is 5.97 Å². The van der Waals surface area contributed by atoms with Gasteiger partial charge in [0.15, 0.2) is 0 Å². The quantitative estimate of drug-likeness (QED) is 0.743. The number of rotatable bonds is 7. The second kappa shape index (κ2) is 8.44. The van der Waals surface area contributed by atoms with E-state index in [1.165, 1.54) is 0 Å². The number of amides is 1. The minimum absolute atomic E-state index is 0.0956. The van der Waals surface area contributed by atoms with E-state index in [9.17, 15) is 9.59 Å². The first-order valence-corrected chi connectivity index (χ1v) is 9.48. The van der Waals surface area contributed by atoms with Gasteiger partial charge in [0.2, 0.25) is 5.91 Å². The van der Waals surface area contributed by atoms with Crippen molar-refractivity contribution >= 4 is 27.8 Å². The van der Waals surface area contributed by atoms with Crippen LogP contribution in [0.5, 0.6) is 0 Å². The van der Waals surface area contributed by atoms with Crippen molar-refractivity contribution in [3.63, 3.8) is 0 Å². The summed E-state index contributed by atoms with van der Waals surface area (Å²) in [6, 6.07) is 7.74. The van der Waals surface area contributed by atoms with Crippen molar-refractivity contribution < 1.29 is 14.7 Å². The molecule has 0 radical (unpaired) electrons. The summed E-state index contributed by atoms with van der Waals surface area (Å²) in [5, 5.41) is 17.0. The first kappa shape index (κ1) is 18.6. The third-order valence-electron chi connectivity index (χ3n) is 4.64. The Kier molecular flexibility index (Phi) is 6.03. The number of carbonyl (C=O) groups is 2. The van der Waals surface area contributed by atoms with Crippen LogP contribution in [0.2, 0.25) is 0 Å². The summed E-state index contributed by atoms with van der Waals surface area (Å²) < 4.78 is 2.62.